The molecule has 3 rings (SSSR count). The molecule has 5 nitrogen and oxygen atoms in total. The van der Waals surface area contributed by atoms with Crippen LogP contribution in [0, 0.1) is 11.8 Å². The van der Waals surface area contributed by atoms with Gasteiger partial charge < -0.3 is 4.42 Å². The normalized spacial score (nSPS) is 30.5. The highest BCUT2D eigenvalue weighted by molar-refractivity contribution is 7.99. The topological polar surface area (TPSA) is 73.1 Å². The molecule has 0 amide bonds. The first kappa shape index (κ1) is 14.9. The lowest BCUT2D eigenvalue weighted by atomic mass is 10.1. The molecule has 1 aliphatic carbocycles. The van der Waals surface area contributed by atoms with Crippen molar-refractivity contribution in [1.29, 1.82) is 0 Å². The Morgan fingerprint density at radius 1 is 1.40 bits per heavy atom. The highest BCUT2D eigenvalue weighted by Gasteiger charge is 2.51. The Bertz CT molecular complexity index is 603. The van der Waals surface area contributed by atoms with Crippen molar-refractivity contribution in [3.8, 4) is 0 Å². The molecule has 1 aromatic rings. The van der Waals surface area contributed by atoms with E-state index < -0.39 is 14.2 Å². The second-order valence-electron chi connectivity index (χ2n) is 5.41. The van der Waals surface area contributed by atoms with Crippen molar-refractivity contribution in [2.24, 2.45) is 11.8 Å². The van der Waals surface area contributed by atoms with E-state index in [1.54, 1.807) is 0 Å². The number of nitrogens with zero attached hydrogens (tertiary/aromatic N) is 2. The zero-order valence-corrected chi connectivity index (χ0v) is 13.7. The van der Waals surface area contributed by atoms with Crippen molar-refractivity contribution < 1.29 is 12.8 Å². The van der Waals surface area contributed by atoms with E-state index in [-0.39, 0.29) is 23.3 Å². The van der Waals surface area contributed by atoms with Gasteiger partial charge >= 0.3 is 0 Å². The molecule has 2 atom stereocenters. The van der Waals surface area contributed by atoms with Gasteiger partial charge in [-0.15, -0.1) is 33.4 Å². The molecular formula is C11H14Cl2N2O3S2. The van der Waals surface area contributed by atoms with E-state index in [2.05, 4.69) is 10.2 Å². The molecule has 112 valence electrons. The van der Waals surface area contributed by atoms with E-state index in [1.165, 1.54) is 11.8 Å². The highest BCUT2D eigenvalue weighted by Crippen LogP contribution is 2.54. The summed E-state index contributed by atoms with van der Waals surface area (Å²) >= 11 is 13.3. The fraction of sp³-hybridized carbons (Fsp3) is 0.818. The molecule has 1 aliphatic heterocycles. The molecule has 0 bridgehead atoms. The third-order valence-corrected chi connectivity index (χ3v) is 7.35. The first-order chi connectivity index (χ1) is 9.34. The van der Waals surface area contributed by atoms with Gasteiger partial charge in [-0.1, -0.05) is 11.8 Å². The predicted molar refractivity (Wildman–Crippen MR) is 78.0 cm³/mol. The van der Waals surface area contributed by atoms with Gasteiger partial charge in [0.05, 0.1) is 11.5 Å². The summed E-state index contributed by atoms with van der Waals surface area (Å²) in [5, 5.41) is 8.41. The monoisotopic (exact) mass is 356 g/mol. The number of sulfone groups is 1. The summed E-state index contributed by atoms with van der Waals surface area (Å²) in [5.41, 5.74) is 0. The van der Waals surface area contributed by atoms with Gasteiger partial charge in [0.25, 0.3) is 5.22 Å². The van der Waals surface area contributed by atoms with Gasteiger partial charge in [0.2, 0.25) is 5.89 Å². The average Bonchev–Trinajstić information content (AvgIpc) is 2.71. The van der Waals surface area contributed by atoms with Gasteiger partial charge in [-0.3, -0.25) is 0 Å². The van der Waals surface area contributed by atoms with Crippen molar-refractivity contribution in [2.75, 3.05) is 17.3 Å². The summed E-state index contributed by atoms with van der Waals surface area (Å²) < 4.78 is 27.7. The highest BCUT2D eigenvalue weighted by atomic mass is 35.5. The van der Waals surface area contributed by atoms with Crippen molar-refractivity contribution in [3.05, 3.63) is 5.89 Å². The smallest absolute Gasteiger partial charge is 0.276 e. The lowest BCUT2D eigenvalue weighted by Gasteiger charge is -2.01. The Hall–Kier alpha value is 0.0200. The molecule has 2 heterocycles. The summed E-state index contributed by atoms with van der Waals surface area (Å²) in [6.07, 6.45) is 2.01. The Morgan fingerprint density at radius 2 is 2.15 bits per heavy atom. The van der Waals surface area contributed by atoms with Gasteiger partial charge in [0.15, 0.2) is 9.84 Å². The van der Waals surface area contributed by atoms with Gasteiger partial charge in [-0.05, 0) is 18.8 Å². The number of thioether (sulfide) groups is 1. The van der Waals surface area contributed by atoms with Crippen LogP contribution in [0.5, 0.6) is 0 Å². The molecule has 1 aromatic heterocycles. The summed E-state index contributed by atoms with van der Waals surface area (Å²) in [6, 6.07) is 0. The van der Waals surface area contributed by atoms with Gasteiger partial charge in [-0.2, -0.15) is 0 Å². The van der Waals surface area contributed by atoms with E-state index >= 15 is 0 Å². The van der Waals surface area contributed by atoms with Crippen LogP contribution in [0.1, 0.15) is 18.7 Å². The molecule has 2 aliphatic rings. The second kappa shape index (κ2) is 5.34. The Labute approximate surface area is 131 Å². The molecular weight excluding hydrogens is 343 g/mol. The standard InChI is InChI=1S/C11H14Cl2N2O3S2/c12-11(13)4-8(11)5-19-10-15-14-9(18-10)3-7-1-2-20(16,17)6-7/h7-8H,1-6H2. The number of hydrogen-bond acceptors (Lipinski definition) is 6. The van der Waals surface area contributed by atoms with Gasteiger partial charge in [-0.25, -0.2) is 8.42 Å². The lowest BCUT2D eigenvalue weighted by molar-refractivity contribution is 0.389. The third kappa shape index (κ3) is 3.61. The van der Waals surface area contributed by atoms with Gasteiger partial charge in [0.1, 0.15) is 4.33 Å². The van der Waals surface area contributed by atoms with E-state index in [0.29, 0.717) is 24.0 Å². The predicted octanol–water partition coefficient (Wildman–Crippen LogP) is 2.33. The van der Waals surface area contributed by atoms with Crippen molar-refractivity contribution in [2.45, 2.75) is 28.8 Å². The Kier molecular flexibility index (Phi) is 3.99. The molecule has 2 fully saturated rings. The number of halogens is 2. The van der Waals surface area contributed by atoms with Gasteiger partial charge in [0, 0.05) is 18.1 Å². The molecule has 2 unspecified atom stereocenters. The average molecular weight is 357 g/mol. The minimum Gasteiger partial charge on any atom is -0.416 e. The van der Waals surface area contributed by atoms with Crippen LogP contribution in [0.4, 0.5) is 0 Å². The number of rotatable bonds is 5. The van der Waals surface area contributed by atoms with Crippen molar-refractivity contribution in [3.63, 3.8) is 0 Å². The minimum absolute atomic E-state index is 0.0973. The van der Waals surface area contributed by atoms with Crippen molar-refractivity contribution >= 4 is 44.8 Å². The first-order valence-corrected chi connectivity index (χ1v) is 9.94. The Morgan fingerprint density at radius 3 is 2.75 bits per heavy atom. The summed E-state index contributed by atoms with van der Waals surface area (Å²) in [5.74, 6) is 2.12. The second-order valence-corrected chi connectivity index (χ2v) is 10.2. The summed E-state index contributed by atoms with van der Waals surface area (Å²) in [4.78, 5) is 0. The largest absolute Gasteiger partial charge is 0.416 e. The van der Waals surface area contributed by atoms with Crippen LogP contribution >= 0.6 is 35.0 Å². The molecule has 0 spiro atoms. The SMILES string of the molecule is O=S1(=O)CCC(Cc2nnc(SCC3CC3(Cl)Cl)o2)C1. The van der Waals surface area contributed by atoms with E-state index in [4.69, 9.17) is 27.6 Å². The molecule has 1 saturated carbocycles. The maximum Gasteiger partial charge on any atom is 0.276 e. The fourth-order valence-corrected chi connectivity index (χ4v) is 5.85. The Balaban J connectivity index is 1.50. The maximum absolute atomic E-state index is 11.4. The molecule has 9 heteroatoms. The summed E-state index contributed by atoms with van der Waals surface area (Å²) in [7, 11) is -2.86. The molecule has 0 radical (unpaired) electrons. The minimum atomic E-state index is -2.86. The first-order valence-electron chi connectivity index (χ1n) is 6.37. The summed E-state index contributed by atoms with van der Waals surface area (Å²) in [6.45, 7) is 0. The third-order valence-electron chi connectivity index (χ3n) is 3.60. The zero-order valence-electron chi connectivity index (χ0n) is 10.6. The van der Waals surface area contributed by atoms with Crippen LogP contribution < -0.4 is 0 Å². The number of hydrogen-bond donors (Lipinski definition) is 0. The zero-order chi connectivity index (χ0) is 14.4. The van der Waals surface area contributed by atoms with Crippen LogP contribution in [0.15, 0.2) is 9.64 Å². The molecule has 20 heavy (non-hydrogen) atoms. The number of aromatic nitrogens is 2. The number of alkyl halides is 2. The van der Waals surface area contributed by atoms with E-state index in [0.717, 1.165) is 12.2 Å². The molecule has 0 N–H and O–H groups in total. The lowest BCUT2D eigenvalue weighted by Crippen LogP contribution is -2.07. The van der Waals surface area contributed by atoms with Crippen molar-refractivity contribution in [1.82, 2.24) is 10.2 Å². The van der Waals surface area contributed by atoms with Crippen LogP contribution in [0.3, 0.4) is 0 Å². The molecule has 1 saturated heterocycles. The van der Waals surface area contributed by atoms with E-state index in [1.807, 2.05) is 0 Å². The van der Waals surface area contributed by atoms with Crippen LogP contribution in [-0.4, -0.2) is 40.2 Å². The molecule has 0 aromatic carbocycles. The van der Waals surface area contributed by atoms with Crippen LogP contribution in [0.25, 0.3) is 0 Å². The van der Waals surface area contributed by atoms with Crippen LogP contribution in [0.2, 0.25) is 0 Å². The maximum atomic E-state index is 11.4. The quantitative estimate of drug-likeness (QED) is 0.595. The van der Waals surface area contributed by atoms with Crippen LogP contribution in [-0.2, 0) is 16.3 Å². The fourth-order valence-electron chi connectivity index (χ4n) is 2.28. The van der Waals surface area contributed by atoms with E-state index in [9.17, 15) is 8.42 Å².